The van der Waals surface area contributed by atoms with E-state index in [2.05, 4.69) is 20.3 Å². The van der Waals surface area contributed by atoms with Gasteiger partial charge in [0, 0.05) is 0 Å². The van der Waals surface area contributed by atoms with Gasteiger partial charge in [-0.15, -0.1) is 0 Å². The van der Waals surface area contributed by atoms with E-state index in [0.29, 0.717) is 0 Å². The number of halogens is 2. The first-order valence-electron chi connectivity index (χ1n) is 11.9. The van der Waals surface area contributed by atoms with Crippen molar-refractivity contribution < 1.29 is 42.2 Å². The number of pyridine rings is 1. The zero-order valence-corrected chi connectivity index (χ0v) is 22.3. The van der Waals surface area contributed by atoms with Crippen molar-refractivity contribution in [2.45, 2.75) is 39.2 Å². The van der Waals surface area contributed by atoms with Crippen molar-refractivity contribution in [2.24, 2.45) is 0 Å². The number of rotatable bonds is 9. The van der Waals surface area contributed by atoms with Crippen LogP contribution in [0.4, 0.5) is 20.3 Å². The molecule has 0 bridgehead atoms. The van der Waals surface area contributed by atoms with Gasteiger partial charge in [-0.2, -0.15) is 0 Å². The number of ether oxygens (including phenoxy) is 3. The van der Waals surface area contributed by atoms with Crippen LogP contribution < -0.4 is 5.32 Å². The predicted octanol–water partition coefficient (Wildman–Crippen LogP) is 4.15. The molecule has 40 heavy (non-hydrogen) atoms. The number of carbonyl (C=O) groups is 4. The Morgan fingerprint density at radius 1 is 1.05 bits per heavy atom. The van der Waals surface area contributed by atoms with Crippen LogP contribution in [0.15, 0.2) is 36.5 Å². The van der Waals surface area contributed by atoms with E-state index in [1.165, 1.54) is 18.3 Å². The fourth-order valence-corrected chi connectivity index (χ4v) is 3.48. The van der Waals surface area contributed by atoms with E-state index in [0.717, 1.165) is 25.3 Å². The van der Waals surface area contributed by atoms with Crippen LogP contribution >= 0.6 is 0 Å². The number of carbonyl (C=O) groups excluding carboxylic acids is 4. The van der Waals surface area contributed by atoms with Gasteiger partial charge in [0.2, 0.25) is 0 Å². The molecule has 0 amide bonds. The van der Waals surface area contributed by atoms with Crippen LogP contribution in [0.25, 0.3) is 11.4 Å². The molecule has 3 rings (SSSR count). The average Bonchev–Trinajstić information content (AvgIpc) is 2.88. The second-order valence-corrected chi connectivity index (χ2v) is 9.18. The topological polar surface area (TPSA) is 147 Å². The molecule has 0 saturated heterocycles. The molecular formula is C27H26F2N4O7. The van der Waals surface area contributed by atoms with E-state index in [1.54, 1.807) is 27.7 Å². The summed E-state index contributed by atoms with van der Waals surface area (Å²) in [4.78, 5) is 61.7. The Balaban J connectivity index is 2.08. The molecule has 1 aromatic carbocycles. The van der Waals surface area contributed by atoms with Crippen molar-refractivity contribution in [3.63, 3.8) is 0 Å². The molecular weight excluding hydrogens is 530 g/mol. The van der Waals surface area contributed by atoms with Gasteiger partial charge >= 0.3 is 17.9 Å². The van der Waals surface area contributed by atoms with E-state index < -0.39 is 58.1 Å². The van der Waals surface area contributed by atoms with Crippen LogP contribution in [-0.2, 0) is 23.8 Å². The maximum atomic E-state index is 14.5. The number of nitrogens with one attached hydrogen (secondary N) is 1. The Kier molecular flexibility index (Phi) is 9.19. The fraction of sp³-hybridized carbons (Fsp3) is 0.296. The second kappa shape index (κ2) is 12.4. The minimum Gasteiger partial charge on any atom is -0.468 e. The molecule has 0 aliphatic heterocycles. The highest BCUT2D eigenvalue weighted by atomic mass is 19.1. The molecule has 0 aliphatic carbocycles. The van der Waals surface area contributed by atoms with Crippen LogP contribution in [0.3, 0.4) is 0 Å². The SMILES string of the molecule is CCOC(=O)c1c(C=O)nc(-c2c(F)cccc2F)nc1Nc1ccc(C(C(=O)OC)C(=O)OC(C)(C)C)nc1. The minimum absolute atomic E-state index is 0.00245. The maximum absolute atomic E-state index is 14.5. The Morgan fingerprint density at radius 2 is 1.73 bits per heavy atom. The molecule has 0 radical (unpaired) electrons. The zero-order valence-electron chi connectivity index (χ0n) is 22.3. The first-order chi connectivity index (χ1) is 18.9. The summed E-state index contributed by atoms with van der Waals surface area (Å²) in [6.07, 6.45) is 1.43. The standard InChI is InChI=1S/C27H26F2N4O7/c1-6-39-25(36)20-18(13-34)32-22(19-15(28)8-7-9-16(19)29)33-23(20)31-14-10-11-17(30-12-14)21(24(35)38-5)26(37)40-27(2,3)4/h7-13,21H,6H2,1-5H3,(H,31,32,33). The van der Waals surface area contributed by atoms with Crippen LogP contribution in [-0.4, -0.2) is 58.5 Å². The lowest BCUT2D eigenvalue weighted by Gasteiger charge is -2.22. The number of hydrogen-bond donors (Lipinski definition) is 1. The first kappa shape index (κ1) is 29.7. The summed E-state index contributed by atoms with van der Waals surface area (Å²) in [5, 5.41) is 2.76. The Bertz CT molecular complexity index is 1420. The molecule has 0 saturated carbocycles. The van der Waals surface area contributed by atoms with Crippen LogP contribution in [0.1, 0.15) is 60.2 Å². The third-order valence-corrected chi connectivity index (χ3v) is 5.14. The van der Waals surface area contributed by atoms with Crippen molar-refractivity contribution in [3.8, 4) is 11.4 Å². The molecule has 0 spiro atoms. The Hall–Kier alpha value is -4.81. The van der Waals surface area contributed by atoms with E-state index in [-0.39, 0.29) is 35.7 Å². The summed E-state index contributed by atoms with van der Waals surface area (Å²) >= 11 is 0. The van der Waals surface area contributed by atoms with Gasteiger partial charge in [0.15, 0.2) is 18.0 Å². The lowest BCUT2D eigenvalue weighted by molar-refractivity contribution is -0.163. The highest BCUT2D eigenvalue weighted by Crippen LogP contribution is 2.29. The van der Waals surface area contributed by atoms with Crippen molar-refractivity contribution in [1.29, 1.82) is 0 Å². The van der Waals surface area contributed by atoms with Gasteiger partial charge in [-0.1, -0.05) is 6.07 Å². The fourth-order valence-electron chi connectivity index (χ4n) is 3.48. The van der Waals surface area contributed by atoms with Crippen molar-refractivity contribution >= 4 is 35.7 Å². The van der Waals surface area contributed by atoms with E-state index in [1.807, 2.05) is 0 Å². The van der Waals surface area contributed by atoms with Gasteiger partial charge in [-0.05, 0) is 52.0 Å². The first-order valence-corrected chi connectivity index (χ1v) is 11.9. The highest BCUT2D eigenvalue weighted by Gasteiger charge is 2.35. The largest absolute Gasteiger partial charge is 0.468 e. The van der Waals surface area contributed by atoms with E-state index in [4.69, 9.17) is 14.2 Å². The van der Waals surface area contributed by atoms with E-state index >= 15 is 0 Å². The summed E-state index contributed by atoms with van der Waals surface area (Å²) in [6, 6.07) is 5.84. The molecule has 2 aromatic heterocycles. The van der Waals surface area contributed by atoms with Gasteiger partial charge in [-0.25, -0.2) is 23.5 Å². The summed E-state index contributed by atoms with van der Waals surface area (Å²) in [7, 11) is 1.11. The molecule has 210 valence electrons. The average molecular weight is 557 g/mol. The van der Waals surface area contributed by atoms with Crippen molar-refractivity contribution in [1.82, 2.24) is 15.0 Å². The lowest BCUT2D eigenvalue weighted by atomic mass is 10.0. The van der Waals surface area contributed by atoms with E-state index in [9.17, 15) is 28.0 Å². The molecule has 3 aromatic rings. The zero-order chi connectivity index (χ0) is 29.6. The Morgan fingerprint density at radius 3 is 2.25 bits per heavy atom. The molecule has 1 N–H and O–H groups in total. The molecule has 0 fully saturated rings. The summed E-state index contributed by atoms with van der Waals surface area (Å²) in [6.45, 7) is 6.41. The van der Waals surface area contributed by atoms with Crippen LogP contribution in [0.5, 0.6) is 0 Å². The van der Waals surface area contributed by atoms with Crippen LogP contribution in [0.2, 0.25) is 0 Å². The summed E-state index contributed by atoms with van der Waals surface area (Å²) in [5.74, 6) is -7.01. The molecule has 1 unspecified atom stereocenters. The second-order valence-electron chi connectivity index (χ2n) is 9.18. The third-order valence-electron chi connectivity index (χ3n) is 5.14. The van der Waals surface area contributed by atoms with Gasteiger partial charge < -0.3 is 19.5 Å². The number of methoxy groups -OCH3 is 1. The van der Waals surface area contributed by atoms with Crippen molar-refractivity contribution in [3.05, 3.63) is 65.1 Å². The molecule has 2 heterocycles. The number of nitrogens with zero attached hydrogens (tertiary/aromatic N) is 3. The smallest absolute Gasteiger partial charge is 0.344 e. The lowest BCUT2D eigenvalue weighted by Crippen LogP contribution is -2.32. The molecule has 0 aliphatic rings. The normalized spacial score (nSPS) is 11.8. The number of benzene rings is 1. The Labute approximate surface area is 227 Å². The van der Waals surface area contributed by atoms with Crippen molar-refractivity contribution in [2.75, 3.05) is 19.0 Å². The monoisotopic (exact) mass is 556 g/mol. The minimum atomic E-state index is -1.48. The highest BCUT2D eigenvalue weighted by molar-refractivity contribution is 6.03. The van der Waals surface area contributed by atoms with Gasteiger partial charge in [0.1, 0.15) is 34.3 Å². The predicted molar refractivity (Wildman–Crippen MR) is 137 cm³/mol. The number of aldehydes is 1. The number of esters is 3. The van der Waals surface area contributed by atoms with Crippen LogP contribution in [0, 0.1) is 11.6 Å². The van der Waals surface area contributed by atoms with Gasteiger partial charge in [0.25, 0.3) is 0 Å². The third kappa shape index (κ3) is 6.79. The quantitative estimate of drug-likeness (QED) is 0.175. The summed E-state index contributed by atoms with van der Waals surface area (Å²) in [5.41, 5.74) is -2.19. The number of aromatic nitrogens is 3. The number of hydrogen-bond acceptors (Lipinski definition) is 11. The van der Waals surface area contributed by atoms with Gasteiger partial charge in [-0.3, -0.25) is 19.4 Å². The van der Waals surface area contributed by atoms with Gasteiger partial charge in [0.05, 0.1) is 36.9 Å². The maximum Gasteiger partial charge on any atom is 0.344 e. The number of anilines is 2. The molecule has 11 nitrogen and oxygen atoms in total. The summed E-state index contributed by atoms with van der Waals surface area (Å²) < 4.78 is 44.0. The molecule has 1 atom stereocenters. The molecule has 13 heteroatoms.